The van der Waals surface area contributed by atoms with Gasteiger partial charge in [-0.25, -0.2) is 9.13 Å². The van der Waals surface area contributed by atoms with Crippen molar-refractivity contribution in [2.75, 3.05) is 39.6 Å². The average molecular weight is 1410 g/mol. The third kappa shape index (κ3) is 70.5. The number of rotatable bonds is 76. The van der Waals surface area contributed by atoms with E-state index in [1.807, 2.05) is 0 Å². The monoisotopic (exact) mass is 1410 g/mol. The molecule has 0 saturated heterocycles. The smallest absolute Gasteiger partial charge is 0.462 e. The lowest BCUT2D eigenvalue weighted by Crippen LogP contribution is -2.30. The summed E-state index contributed by atoms with van der Waals surface area (Å²) in [6.07, 6.45) is 57.7. The number of phosphoric acid groups is 2. The van der Waals surface area contributed by atoms with E-state index in [-0.39, 0.29) is 25.7 Å². The second-order valence-electron chi connectivity index (χ2n) is 28.7. The van der Waals surface area contributed by atoms with Crippen LogP contribution >= 0.6 is 15.6 Å². The van der Waals surface area contributed by atoms with Crippen LogP contribution in [-0.4, -0.2) is 96.7 Å². The molecular weight excluding hydrogens is 1260 g/mol. The zero-order valence-corrected chi connectivity index (χ0v) is 64.5. The molecule has 0 aliphatic rings. The van der Waals surface area contributed by atoms with E-state index in [1.165, 1.54) is 212 Å². The van der Waals surface area contributed by atoms with Gasteiger partial charge in [-0.3, -0.25) is 37.3 Å². The van der Waals surface area contributed by atoms with E-state index < -0.39 is 97.5 Å². The van der Waals surface area contributed by atoms with Crippen molar-refractivity contribution >= 4 is 39.5 Å². The molecule has 19 heteroatoms. The van der Waals surface area contributed by atoms with Crippen LogP contribution in [-0.2, 0) is 65.4 Å². The third-order valence-electron chi connectivity index (χ3n) is 18.0. The molecule has 0 fully saturated rings. The summed E-state index contributed by atoms with van der Waals surface area (Å²) in [5.41, 5.74) is 0. The third-order valence-corrected chi connectivity index (χ3v) is 19.9. The SMILES string of the molecule is CCCCCCCCCCCCCCCCCCCCCCCCC(=O)O[C@H](COC(=O)CCCCCCCCCCCCCCCCCCC(C)C)COP(=O)(O)OC[C@@H](O)COP(=O)(O)OC[C@@H](COC(=O)CCCCCCC)OC(=O)CCCCCCCCCC(C)C. The van der Waals surface area contributed by atoms with E-state index in [4.69, 9.17) is 37.0 Å². The summed E-state index contributed by atoms with van der Waals surface area (Å²) in [6.45, 7) is 9.47. The Kier molecular flexibility index (Phi) is 67.4. The van der Waals surface area contributed by atoms with Crippen molar-refractivity contribution in [1.82, 2.24) is 0 Å². The minimum atomic E-state index is -4.96. The number of carbonyl (C=O) groups is 4. The van der Waals surface area contributed by atoms with Crippen LogP contribution in [0.15, 0.2) is 0 Å². The first-order chi connectivity index (χ1) is 46.4. The Bertz CT molecular complexity index is 1860. The molecule has 0 spiro atoms. The van der Waals surface area contributed by atoms with Crippen molar-refractivity contribution in [2.45, 2.75) is 419 Å². The fourth-order valence-corrected chi connectivity index (χ4v) is 13.4. The van der Waals surface area contributed by atoms with Gasteiger partial charge in [-0.05, 0) is 37.5 Å². The molecule has 3 N–H and O–H groups in total. The molecule has 0 rings (SSSR count). The molecule has 2 unspecified atom stereocenters. The van der Waals surface area contributed by atoms with Gasteiger partial charge in [-0.15, -0.1) is 0 Å². The van der Waals surface area contributed by atoms with Gasteiger partial charge in [0.2, 0.25) is 0 Å². The molecule has 0 amide bonds. The Balaban J connectivity index is 5.09. The first-order valence-corrected chi connectivity index (χ1v) is 43.0. The van der Waals surface area contributed by atoms with Gasteiger partial charge < -0.3 is 33.8 Å². The lowest BCUT2D eigenvalue weighted by Gasteiger charge is -2.21. The maximum absolute atomic E-state index is 13.1. The Labute approximate surface area is 588 Å². The summed E-state index contributed by atoms with van der Waals surface area (Å²) < 4.78 is 68.2. The second-order valence-corrected chi connectivity index (χ2v) is 31.6. The van der Waals surface area contributed by atoms with Gasteiger partial charge in [0.25, 0.3) is 0 Å². The van der Waals surface area contributed by atoms with E-state index in [0.717, 1.165) is 102 Å². The Hall–Kier alpha value is -1.94. The van der Waals surface area contributed by atoms with Crippen molar-refractivity contribution in [3.8, 4) is 0 Å². The molecule has 0 bridgehead atoms. The van der Waals surface area contributed by atoms with Crippen LogP contribution in [0.2, 0.25) is 0 Å². The Morgan fingerprint density at radius 3 is 0.708 bits per heavy atom. The fourth-order valence-electron chi connectivity index (χ4n) is 11.8. The number of aliphatic hydroxyl groups excluding tert-OH is 1. The van der Waals surface area contributed by atoms with Crippen LogP contribution in [0.25, 0.3) is 0 Å². The molecule has 0 saturated carbocycles. The van der Waals surface area contributed by atoms with E-state index in [2.05, 4.69) is 41.5 Å². The van der Waals surface area contributed by atoms with E-state index in [0.29, 0.717) is 31.6 Å². The fraction of sp³-hybridized carbons (Fsp3) is 0.948. The van der Waals surface area contributed by atoms with Gasteiger partial charge in [0.05, 0.1) is 26.4 Å². The highest BCUT2D eigenvalue weighted by atomic mass is 31.2. The lowest BCUT2D eigenvalue weighted by atomic mass is 10.0. The van der Waals surface area contributed by atoms with Crippen molar-refractivity contribution in [3.63, 3.8) is 0 Å². The van der Waals surface area contributed by atoms with Crippen LogP contribution in [0.1, 0.15) is 401 Å². The number of unbranched alkanes of at least 4 members (excludes halogenated alkanes) is 46. The molecule has 96 heavy (non-hydrogen) atoms. The minimum absolute atomic E-state index is 0.103. The van der Waals surface area contributed by atoms with Crippen LogP contribution in [0.4, 0.5) is 0 Å². The number of carbonyl (C=O) groups excluding carboxylic acids is 4. The molecular formula is C77H150O17P2. The van der Waals surface area contributed by atoms with E-state index in [1.54, 1.807) is 0 Å². The number of phosphoric ester groups is 2. The molecule has 0 aromatic heterocycles. The zero-order chi connectivity index (χ0) is 70.7. The zero-order valence-electron chi connectivity index (χ0n) is 62.7. The van der Waals surface area contributed by atoms with Gasteiger partial charge in [0.15, 0.2) is 12.2 Å². The number of hydrogen-bond acceptors (Lipinski definition) is 15. The quantitative estimate of drug-likeness (QED) is 0.0222. The normalized spacial score (nSPS) is 14.0. The van der Waals surface area contributed by atoms with Gasteiger partial charge in [-0.2, -0.15) is 0 Å². The highest BCUT2D eigenvalue weighted by molar-refractivity contribution is 7.47. The molecule has 0 radical (unpaired) electrons. The topological polar surface area (TPSA) is 237 Å². The summed E-state index contributed by atoms with van der Waals surface area (Å²) in [5, 5.41) is 10.6. The molecule has 17 nitrogen and oxygen atoms in total. The van der Waals surface area contributed by atoms with Crippen LogP contribution < -0.4 is 0 Å². The van der Waals surface area contributed by atoms with Crippen molar-refractivity contribution in [1.29, 1.82) is 0 Å². The average Bonchev–Trinajstić information content (AvgIpc) is 3.73. The summed E-state index contributed by atoms with van der Waals surface area (Å²) in [4.78, 5) is 72.5. The molecule has 570 valence electrons. The van der Waals surface area contributed by atoms with Crippen molar-refractivity contribution in [3.05, 3.63) is 0 Å². The van der Waals surface area contributed by atoms with Crippen LogP contribution in [0.5, 0.6) is 0 Å². The summed E-state index contributed by atoms with van der Waals surface area (Å²) in [5.74, 6) is -0.622. The predicted octanol–water partition coefficient (Wildman–Crippen LogP) is 22.7. The molecule has 0 aromatic carbocycles. The molecule has 0 aliphatic heterocycles. The maximum atomic E-state index is 13.1. The second kappa shape index (κ2) is 68.8. The Morgan fingerprint density at radius 1 is 0.281 bits per heavy atom. The Morgan fingerprint density at radius 2 is 0.479 bits per heavy atom. The van der Waals surface area contributed by atoms with Crippen molar-refractivity contribution < 1.29 is 80.2 Å². The predicted molar refractivity (Wildman–Crippen MR) is 391 cm³/mol. The molecule has 5 atom stereocenters. The highest BCUT2D eigenvalue weighted by Crippen LogP contribution is 2.45. The number of esters is 4. The van der Waals surface area contributed by atoms with Gasteiger partial charge in [0.1, 0.15) is 19.3 Å². The van der Waals surface area contributed by atoms with Crippen LogP contribution in [0, 0.1) is 11.8 Å². The first kappa shape index (κ1) is 94.1. The molecule has 0 aromatic rings. The summed E-state index contributed by atoms with van der Waals surface area (Å²) >= 11 is 0. The van der Waals surface area contributed by atoms with Gasteiger partial charge in [-0.1, -0.05) is 350 Å². The first-order valence-electron chi connectivity index (χ1n) is 40.0. The maximum Gasteiger partial charge on any atom is 0.472 e. The number of hydrogen-bond donors (Lipinski definition) is 3. The molecule has 0 heterocycles. The van der Waals surface area contributed by atoms with E-state index in [9.17, 15) is 43.2 Å². The van der Waals surface area contributed by atoms with Crippen molar-refractivity contribution in [2.24, 2.45) is 11.8 Å². The highest BCUT2D eigenvalue weighted by Gasteiger charge is 2.30. The standard InChI is InChI=1S/C77H150O17P2/c1-7-9-11-13-14-15-16-17-18-19-20-21-22-23-24-29-32-35-38-43-49-55-61-76(81)94-73(66-88-75(80)60-54-48-42-37-34-31-28-26-25-27-30-33-36-40-46-51-57-69(3)4)68-92-96(85,86)90-64-71(78)63-89-95(83,84)91-67-72(65-87-74(79)59-53-45-12-10-8-2)93-77(82)62-56-50-44-39-41-47-52-58-70(5)6/h69-73,78H,7-68H2,1-6H3,(H,83,84)(H,85,86)/t71-,72+,73+/m0/s1. The van der Waals surface area contributed by atoms with Gasteiger partial charge >= 0.3 is 39.5 Å². The minimum Gasteiger partial charge on any atom is -0.462 e. The van der Waals surface area contributed by atoms with Gasteiger partial charge in [0, 0.05) is 25.7 Å². The number of ether oxygens (including phenoxy) is 4. The molecule has 0 aliphatic carbocycles. The number of aliphatic hydroxyl groups is 1. The lowest BCUT2D eigenvalue weighted by molar-refractivity contribution is -0.161. The van der Waals surface area contributed by atoms with Crippen LogP contribution in [0.3, 0.4) is 0 Å². The van der Waals surface area contributed by atoms with E-state index >= 15 is 0 Å². The largest absolute Gasteiger partial charge is 0.472 e. The summed E-state index contributed by atoms with van der Waals surface area (Å²) in [7, 11) is -9.90. The summed E-state index contributed by atoms with van der Waals surface area (Å²) in [6, 6.07) is 0.